The fourth-order valence-corrected chi connectivity index (χ4v) is 1.42. The zero-order chi connectivity index (χ0) is 12.9. The van der Waals surface area contributed by atoms with Gasteiger partial charge in [-0.3, -0.25) is 4.79 Å². The van der Waals surface area contributed by atoms with Crippen molar-refractivity contribution in [3.63, 3.8) is 0 Å². The van der Waals surface area contributed by atoms with Crippen molar-refractivity contribution in [2.45, 2.75) is 46.1 Å². The first-order valence-corrected chi connectivity index (χ1v) is 6.52. The van der Waals surface area contributed by atoms with Gasteiger partial charge in [0.05, 0.1) is 6.04 Å². The summed E-state index contributed by atoms with van der Waals surface area (Å²) in [6.45, 7) is 8.16. The molecule has 1 amide bonds. The van der Waals surface area contributed by atoms with Gasteiger partial charge in [-0.05, 0) is 30.6 Å². The quantitative estimate of drug-likeness (QED) is 0.661. The maximum atomic E-state index is 11.7. The first-order chi connectivity index (χ1) is 7.91. The molecule has 4 heteroatoms. The Morgan fingerprint density at radius 3 is 2.65 bits per heavy atom. The second kappa shape index (κ2) is 6.36. The third-order valence-corrected chi connectivity index (χ3v) is 3.03. The molecule has 1 fully saturated rings. The van der Waals surface area contributed by atoms with Crippen LogP contribution in [0.15, 0.2) is 0 Å². The van der Waals surface area contributed by atoms with Crippen LogP contribution < -0.4 is 11.1 Å². The van der Waals surface area contributed by atoms with E-state index in [4.69, 9.17) is 10.5 Å². The highest BCUT2D eigenvalue weighted by Gasteiger charge is 2.26. The zero-order valence-electron chi connectivity index (χ0n) is 11.3. The Morgan fingerprint density at radius 2 is 2.12 bits per heavy atom. The van der Waals surface area contributed by atoms with Crippen LogP contribution >= 0.6 is 0 Å². The van der Waals surface area contributed by atoms with Gasteiger partial charge in [-0.25, -0.2) is 0 Å². The number of amides is 1. The molecule has 1 rings (SSSR count). The van der Waals surface area contributed by atoms with Crippen molar-refractivity contribution < 1.29 is 9.53 Å². The summed E-state index contributed by atoms with van der Waals surface area (Å²) >= 11 is 0. The highest BCUT2D eigenvalue weighted by atomic mass is 16.5. The molecule has 0 aromatic carbocycles. The number of ether oxygens (including phenoxy) is 1. The molecule has 3 N–H and O–H groups in total. The van der Waals surface area contributed by atoms with Gasteiger partial charge in [-0.2, -0.15) is 0 Å². The largest absolute Gasteiger partial charge is 0.381 e. The summed E-state index contributed by atoms with van der Waals surface area (Å²) in [6.07, 6.45) is 3.49. The smallest absolute Gasteiger partial charge is 0.237 e. The molecule has 0 aromatic heterocycles. The number of rotatable bonds is 7. The average Bonchev–Trinajstić information content (AvgIpc) is 3.04. The van der Waals surface area contributed by atoms with Crippen LogP contribution in [-0.2, 0) is 9.53 Å². The van der Waals surface area contributed by atoms with Gasteiger partial charge in [0.25, 0.3) is 0 Å². The lowest BCUT2D eigenvalue weighted by atomic mass is 9.87. The molecule has 1 aliphatic carbocycles. The monoisotopic (exact) mass is 242 g/mol. The summed E-state index contributed by atoms with van der Waals surface area (Å²) in [5.41, 5.74) is 5.65. The third-order valence-electron chi connectivity index (χ3n) is 3.03. The van der Waals surface area contributed by atoms with Crippen LogP contribution in [0.4, 0.5) is 0 Å². The van der Waals surface area contributed by atoms with Gasteiger partial charge in [0, 0.05) is 19.8 Å². The molecule has 0 spiro atoms. The molecule has 0 bridgehead atoms. The Labute approximate surface area is 104 Å². The van der Waals surface area contributed by atoms with Crippen LogP contribution in [0.1, 0.15) is 40.0 Å². The van der Waals surface area contributed by atoms with E-state index in [1.165, 1.54) is 12.8 Å². The molecule has 0 heterocycles. The van der Waals surface area contributed by atoms with E-state index in [0.29, 0.717) is 6.54 Å². The zero-order valence-corrected chi connectivity index (χ0v) is 11.3. The van der Waals surface area contributed by atoms with Crippen LogP contribution in [0.3, 0.4) is 0 Å². The molecule has 0 saturated heterocycles. The predicted molar refractivity (Wildman–Crippen MR) is 68.6 cm³/mol. The molecule has 0 aromatic rings. The summed E-state index contributed by atoms with van der Waals surface area (Å²) in [4.78, 5) is 11.7. The molecule has 0 aliphatic heterocycles. The molecule has 1 atom stereocenters. The maximum Gasteiger partial charge on any atom is 0.237 e. The standard InChI is InChI=1S/C13H26N2O2/c1-13(2,3)11(14)12(16)15-7-4-8-17-9-10-5-6-10/h10-11H,4-9,14H2,1-3H3,(H,15,16). The maximum absolute atomic E-state index is 11.7. The molecule has 0 radical (unpaired) electrons. The number of carbonyl (C=O) groups is 1. The van der Waals surface area contributed by atoms with Crippen molar-refractivity contribution in [2.24, 2.45) is 17.1 Å². The molecule has 17 heavy (non-hydrogen) atoms. The normalized spacial score (nSPS) is 17.9. The highest BCUT2D eigenvalue weighted by Crippen LogP contribution is 2.28. The average molecular weight is 242 g/mol. The van der Waals surface area contributed by atoms with Crippen molar-refractivity contribution in [1.82, 2.24) is 5.32 Å². The van der Waals surface area contributed by atoms with Gasteiger partial charge in [-0.15, -0.1) is 0 Å². The first kappa shape index (κ1) is 14.5. The van der Waals surface area contributed by atoms with Gasteiger partial charge in [0.15, 0.2) is 0 Å². The van der Waals surface area contributed by atoms with Gasteiger partial charge in [-0.1, -0.05) is 20.8 Å². The van der Waals surface area contributed by atoms with E-state index in [0.717, 1.165) is 25.6 Å². The van der Waals surface area contributed by atoms with Crippen LogP contribution in [0.25, 0.3) is 0 Å². The number of nitrogens with one attached hydrogen (secondary N) is 1. The Balaban J connectivity index is 1.99. The first-order valence-electron chi connectivity index (χ1n) is 6.52. The Kier molecular flexibility index (Phi) is 5.40. The Bertz CT molecular complexity index is 244. The predicted octanol–water partition coefficient (Wildman–Crippen LogP) is 1.29. The fourth-order valence-electron chi connectivity index (χ4n) is 1.42. The third kappa shape index (κ3) is 6.03. The summed E-state index contributed by atoms with van der Waals surface area (Å²) in [5, 5.41) is 2.85. The molecule has 1 aliphatic rings. The topological polar surface area (TPSA) is 64.4 Å². The van der Waals surface area contributed by atoms with E-state index in [1.807, 2.05) is 20.8 Å². The van der Waals surface area contributed by atoms with Crippen molar-refractivity contribution in [3.05, 3.63) is 0 Å². The molecular weight excluding hydrogens is 216 g/mol. The Morgan fingerprint density at radius 1 is 1.47 bits per heavy atom. The highest BCUT2D eigenvalue weighted by molar-refractivity contribution is 5.82. The second-order valence-corrected chi connectivity index (χ2v) is 6.01. The summed E-state index contributed by atoms with van der Waals surface area (Å²) in [7, 11) is 0. The fraction of sp³-hybridized carbons (Fsp3) is 0.923. The van der Waals surface area contributed by atoms with E-state index >= 15 is 0 Å². The van der Waals surface area contributed by atoms with Gasteiger partial charge in [0.2, 0.25) is 5.91 Å². The molecule has 4 nitrogen and oxygen atoms in total. The van der Waals surface area contributed by atoms with E-state index in [1.54, 1.807) is 0 Å². The van der Waals surface area contributed by atoms with Gasteiger partial charge < -0.3 is 15.8 Å². The summed E-state index contributed by atoms with van der Waals surface area (Å²) < 4.78 is 5.48. The number of carbonyl (C=O) groups excluding carboxylic acids is 1. The summed E-state index contributed by atoms with van der Waals surface area (Å²) in [5.74, 6) is 0.735. The minimum absolute atomic E-state index is 0.0697. The molecule has 1 unspecified atom stereocenters. The Hall–Kier alpha value is -0.610. The second-order valence-electron chi connectivity index (χ2n) is 6.01. The number of hydrogen-bond acceptors (Lipinski definition) is 3. The van der Waals surface area contributed by atoms with Crippen LogP contribution in [0.5, 0.6) is 0 Å². The SMILES string of the molecule is CC(C)(C)C(N)C(=O)NCCCOCC1CC1. The lowest BCUT2D eigenvalue weighted by Gasteiger charge is -2.25. The van der Waals surface area contributed by atoms with Gasteiger partial charge >= 0.3 is 0 Å². The number of nitrogens with two attached hydrogens (primary N) is 1. The molecule has 100 valence electrons. The van der Waals surface area contributed by atoms with E-state index in [9.17, 15) is 4.79 Å². The lowest BCUT2D eigenvalue weighted by molar-refractivity contribution is -0.124. The van der Waals surface area contributed by atoms with E-state index < -0.39 is 6.04 Å². The van der Waals surface area contributed by atoms with E-state index in [-0.39, 0.29) is 11.3 Å². The van der Waals surface area contributed by atoms with Crippen molar-refractivity contribution in [2.75, 3.05) is 19.8 Å². The molecular formula is C13H26N2O2. The lowest BCUT2D eigenvalue weighted by Crippen LogP contribution is -2.48. The minimum atomic E-state index is -0.449. The van der Waals surface area contributed by atoms with Crippen LogP contribution in [0.2, 0.25) is 0 Å². The number of hydrogen-bond donors (Lipinski definition) is 2. The van der Waals surface area contributed by atoms with Crippen molar-refractivity contribution >= 4 is 5.91 Å². The van der Waals surface area contributed by atoms with Gasteiger partial charge in [0.1, 0.15) is 0 Å². The summed E-state index contributed by atoms with van der Waals surface area (Å²) in [6, 6.07) is -0.449. The van der Waals surface area contributed by atoms with Crippen LogP contribution in [-0.4, -0.2) is 31.7 Å². The molecule has 1 saturated carbocycles. The van der Waals surface area contributed by atoms with Crippen molar-refractivity contribution in [1.29, 1.82) is 0 Å². The minimum Gasteiger partial charge on any atom is -0.381 e. The van der Waals surface area contributed by atoms with Crippen LogP contribution in [0, 0.1) is 11.3 Å². The van der Waals surface area contributed by atoms with Crippen molar-refractivity contribution in [3.8, 4) is 0 Å². The van der Waals surface area contributed by atoms with E-state index in [2.05, 4.69) is 5.32 Å².